The van der Waals surface area contributed by atoms with Crippen molar-refractivity contribution >= 4 is 27.3 Å². The van der Waals surface area contributed by atoms with Gasteiger partial charge in [0, 0.05) is 24.2 Å². The van der Waals surface area contributed by atoms with Gasteiger partial charge in [-0.25, -0.2) is 0 Å². The lowest BCUT2D eigenvalue weighted by Gasteiger charge is -2.07. The minimum Gasteiger partial charge on any atom is -0.496 e. The van der Waals surface area contributed by atoms with Gasteiger partial charge in [-0.1, -0.05) is 6.07 Å². The van der Waals surface area contributed by atoms with Crippen LogP contribution in [0.5, 0.6) is 5.75 Å². The molecule has 1 N–H and O–H groups in total. The van der Waals surface area contributed by atoms with E-state index in [9.17, 15) is 0 Å². The molecule has 0 atom stereocenters. The minimum atomic E-state index is 0.834. The summed E-state index contributed by atoms with van der Waals surface area (Å²) < 4.78 is 6.17. The van der Waals surface area contributed by atoms with E-state index in [4.69, 9.17) is 4.74 Å². The van der Waals surface area contributed by atoms with Crippen LogP contribution in [0, 0.1) is 0 Å². The van der Waals surface area contributed by atoms with Crippen LogP contribution >= 0.6 is 27.3 Å². The van der Waals surface area contributed by atoms with Crippen molar-refractivity contribution in [2.45, 2.75) is 13.1 Å². The highest BCUT2D eigenvalue weighted by Gasteiger charge is 2.01. The van der Waals surface area contributed by atoms with E-state index in [-0.39, 0.29) is 0 Å². The second-order valence-corrected chi connectivity index (χ2v) is 5.37. The van der Waals surface area contributed by atoms with Crippen LogP contribution in [0.1, 0.15) is 10.4 Å². The van der Waals surface area contributed by atoms with Crippen LogP contribution in [0.15, 0.2) is 34.4 Å². The maximum Gasteiger partial charge on any atom is 0.133 e. The fourth-order valence-electron chi connectivity index (χ4n) is 1.48. The number of aromatic nitrogens is 1. The van der Waals surface area contributed by atoms with Gasteiger partial charge in [-0.2, -0.15) is 0 Å². The summed E-state index contributed by atoms with van der Waals surface area (Å²) in [4.78, 5) is 5.29. The molecule has 0 aliphatic carbocycles. The molecule has 3 nitrogen and oxygen atoms in total. The number of nitrogens with one attached hydrogen (secondary N) is 1. The van der Waals surface area contributed by atoms with Crippen LogP contribution < -0.4 is 10.1 Å². The SMILES string of the molecule is COc1ccc(CNCc2cncs2)cc1Br. The summed E-state index contributed by atoms with van der Waals surface area (Å²) >= 11 is 5.14. The second-order valence-electron chi connectivity index (χ2n) is 3.54. The van der Waals surface area contributed by atoms with Gasteiger partial charge in [0.05, 0.1) is 17.1 Å². The highest BCUT2D eigenvalue weighted by Crippen LogP contribution is 2.25. The third-order valence-corrected chi connectivity index (χ3v) is 3.73. The lowest BCUT2D eigenvalue weighted by molar-refractivity contribution is 0.412. The highest BCUT2D eigenvalue weighted by molar-refractivity contribution is 9.10. The van der Waals surface area contributed by atoms with E-state index in [1.165, 1.54) is 10.4 Å². The molecule has 2 rings (SSSR count). The molecule has 5 heteroatoms. The Balaban J connectivity index is 1.89. The Morgan fingerprint density at radius 2 is 2.29 bits per heavy atom. The zero-order valence-electron chi connectivity index (χ0n) is 9.44. The molecule has 0 aliphatic rings. The van der Waals surface area contributed by atoms with Crippen LogP contribution in [0.25, 0.3) is 0 Å². The second kappa shape index (κ2) is 6.14. The monoisotopic (exact) mass is 312 g/mol. The fraction of sp³-hybridized carbons (Fsp3) is 0.250. The molecule has 2 aromatic rings. The Bertz CT molecular complexity index is 473. The van der Waals surface area contributed by atoms with Crippen LogP contribution in [0.4, 0.5) is 0 Å². The lowest BCUT2D eigenvalue weighted by Crippen LogP contribution is -2.11. The molecule has 1 heterocycles. The van der Waals surface area contributed by atoms with Crippen LogP contribution in [-0.4, -0.2) is 12.1 Å². The molecule has 0 fully saturated rings. The molecule has 90 valence electrons. The van der Waals surface area contributed by atoms with E-state index in [1.54, 1.807) is 18.4 Å². The molecule has 0 saturated carbocycles. The summed E-state index contributed by atoms with van der Waals surface area (Å²) in [5.41, 5.74) is 3.07. The van der Waals surface area contributed by atoms with Gasteiger partial charge in [0.2, 0.25) is 0 Å². The van der Waals surface area contributed by atoms with Gasteiger partial charge in [0.15, 0.2) is 0 Å². The normalized spacial score (nSPS) is 10.5. The van der Waals surface area contributed by atoms with E-state index < -0.39 is 0 Å². The number of thiazole rings is 1. The first kappa shape index (κ1) is 12.5. The first-order valence-corrected chi connectivity index (χ1v) is 6.87. The van der Waals surface area contributed by atoms with Crippen molar-refractivity contribution in [3.8, 4) is 5.75 Å². The molecule has 0 spiro atoms. The average molecular weight is 313 g/mol. The smallest absolute Gasteiger partial charge is 0.133 e. The number of hydrogen-bond acceptors (Lipinski definition) is 4. The van der Waals surface area contributed by atoms with Crippen molar-refractivity contribution in [3.05, 3.63) is 44.8 Å². The van der Waals surface area contributed by atoms with Gasteiger partial charge in [0.1, 0.15) is 5.75 Å². The molecule has 17 heavy (non-hydrogen) atoms. The summed E-state index contributed by atoms with van der Waals surface area (Å²) in [6, 6.07) is 6.09. The van der Waals surface area contributed by atoms with E-state index in [2.05, 4.69) is 38.4 Å². The van der Waals surface area contributed by atoms with E-state index in [0.29, 0.717) is 0 Å². The van der Waals surface area contributed by atoms with Crippen molar-refractivity contribution in [2.75, 3.05) is 7.11 Å². The van der Waals surface area contributed by atoms with Gasteiger partial charge in [-0.3, -0.25) is 4.98 Å². The van der Waals surface area contributed by atoms with Crippen molar-refractivity contribution in [1.29, 1.82) is 0 Å². The lowest BCUT2D eigenvalue weighted by atomic mass is 10.2. The van der Waals surface area contributed by atoms with Gasteiger partial charge in [0.25, 0.3) is 0 Å². The van der Waals surface area contributed by atoms with E-state index in [0.717, 1.165) is 23.3 Å². The summed E-state index contributed by atoms with van der Waals surface area (Å²) in [6.07, 6.45) is 1.89. The molecule has 0 bridgehead atoms. The molecule has 0 saturated heterocycles. The van der Waals surface area contributed by atoms with E-state index in [1.807, 2.05) is 17.8 Å². The van der Waals surface area contributed by atoms with Crippen LogP contribution in [-0.2, 0) is 13.1 Å². The number of halogens is 1. The Morgan fingerprint density at radius 3 is 2.94 bits per heavy atom. The van der Waals surface area contributed by atoms with E-state index >= 15 is 0 Å². The number of nitrogens with zero attached hydrogens (tertiary/aromatic N) is 1. The fourth-order valence-corrected chi connectivity index (χ4v) is 2.63. The topological polar surface area (TPSA) is 34.1 Å². The maximum atomic E-state index is 5.19. The van der Waals surface area contributed by atoms with Gasteiger partial charge < -0.3 is 10.1 Å². The third kappa shape index (κ3) is 3.52. The Labute approximate surface area is 113 Å². The molecule has 1 aromatic carbocycles. The molecule has 0 radical (unpaired) electrons. The number of methoxy groups -OCH3 is 1. The minimum absolute atomic E-state index is 0.834. The Morgan fingerprint density at radius 1 is 1.41 bits per heavy atom. The summed E-state index contributed by atoms with van der Waals surface area (Å²) in [5, 5.41) is 3.38. The molecular weight excluding hydrogens is 300 g/mol. The number of benzene rings is 1. The predicted octanol–water partition coefficient (Wildman–Crippen LogP) is 3.20. The summed E-state index contributed by atoms with van der Waals surface area (Å²) in [7, 11) is 1.67. The quantitative estimate of drug-likeness (QED) is 0.920. The first-order valence-electron chi connectivity index (χ1n) is 5.20. The van der Waals surface area contributed by atoms with Crippen molar-refractivity contribution < 1.29 is 4.74 Å². The predicted molar refractivity (Wildman–Crippen MR) is 73.4 cm³/mol. The van der Waals surface area contributed by atoms with Gasteiger partial charge in [-0.15, -0.1) is 11.3 Å². The Kier molecular flexibility index (Phi) is 4.53. The maximum absolute atomic E-state index is 5.19. The Hall–Kier alpha value is -0.910. The molecule has 0 unspecified atom stereocenters. The van der Waals surface area contributed by atoms with Crippen molar-refractivity contribution in [1.82, 2.24) is 10.3 Å². The molecule has 0 amide bonds. The molecule has 0 aliphatic heterocycles. The van der Waals surface area contributed by atoms with Crippen molar-refractivity contribution in [3.63, 3.8) is 0 Å². The summed E-state index contributed by atoms with van der Waals surface area (Å²) in [6.45, 7) is 1.69. The molecule has 1 aromatic heterocycles. The first-order chi connectivity index (χ1) is 8.29. The number of ether oxygens (including phenoxy) is 1. The summed E-state index contributed by atoms with van der Waals surface area (Å²) in [5.74, 6) is 0.858. The third-order valence-electron chi connectivity index (χ3n) is 2.33. The molecular formula is C12H13BrN2OS. The van der Waals surface area contributed by atoms with Crippen LogP contribution in [0.2, 0.25) is 0 Å². The van der Waals surface area contributed by atoms with Gasteiger partial charge in [-0.05, 0) is 33.6 Å². The standard InChI is InChI=1S/C12H13BrN2OS/c1-16-12-3-2-9(4-11(12)13)5-14-6-10-7-15-8-17-10/h2-4,7-8,14H,5-6H2,1H3. The number of hydrogen-bond donors (Lipinski definition) is 1. The largest absolute Gasteiger partial charge is 0.496 e. The number of rotatable bonds is 5. The average Bonchev–Trinajstić information content (AvgIpc) is 2.82. The highest BCUT2D eigenvalue weighted by atomic mass is 79.9. The zero-order valence-corrected chi connectivity index (χ0v) is 11.8. The van der Waals surface area contributed by atoms with Crippen molar-refractivity contribution in [2.24, 2.45) is 0 Å². The van der Waals surface area contributed by atoms with Gasteiger partial charge >= 0.3 is 0 Å². The zero-order chi connectivity index (χ0) is 12.1. The van der Waals surface area contributed by atoms with Crippen LogP contribution in [0.3, 0.4) is 0 Å².